The third kappa shape index (κ3) is 2.78. The molecule has 1 aromatic rings. The lowest BCUT2D eigenvalue weighted by atomic mass is 10.1. The minimum absolute atomic E-state index is 0.106. The van der Waals surface area contributed by atoms with Gasteiger partial charge in [-0.15, -0.1) is 0 Å². The quantitative estimate of drug-likeness (QED) is 0.719. The van der Waals surface area contributed by atoms with E-state index >= 15 is 0 Å². The van der Waals surface area contributed by atoms with Crippen molar-refractivity contribution in [1.29, 1.82) is 0 Å². The fourth-order valence-corrected chi connectivity index (χ4v) is 2.03. The standard InChI is InChI=1S/C13H17FN/c1-11-9-12(5-6-13(11)14)10-15-7-3-2-4-8-15/h2,5-6,9H,3-4,7-8,10H2,1H3. The number of nitrogens with zero attached hydrogens (tertiary/aromatic N) is 1. The minimum Gasteiger partial charge on any atom is -0.299 e. The van der Waals surface area contributed by atoms with E-state index < -0.39 is 0 Å². The smallest absolute Gasteiger partial charge is 0.126 e. The molecule has 1 aromatic carbocycles. The topological polar surface area (TPSA) is 3.24 Å². The predicted molar refractivity (Wildman–Crippen MR) is 59.9 cm³/mol. The highest BCUT2D eigenvalue weighted by Gasteiger charge is 2.10. The molecule has 1 fully saturated rings. The van der Waals surface area contributed by atoms with Gasteiger partial charge in [-0.05, 0) is 56.5 Å². The SMILES string of the molecule is Cc1cc(CN2CC[CH]CC2)ccc1F. The van der Waals surface area contributed by atoms with E-state index in [0.29, 0.717) is 0 Å². The summed E-state index contributed by atoms with van der Waals surface area (Å²) in [5, 5.41) is 0. The molecule has 0 bridgehead atoms. The van der Waals surface area contributed by atoms with Crippen LogP contribution in [0, 0.1) is 19.2 Å². The molecule has 15 heavy (non-hydrogen) atoms. The molecule has 1 aliphatic heterocycles. The number of hydrogen-bond acceptors (Lipinski definition) is 1. The molecule has 2 rings (SSSR count). The van der Waals surface area contributed by atoms with Gasteiger partial charge in [0.05, 0.1) is 0 Å². The lowest BCUT2D eigenvalue weighted by molar-refractivity contribution is 0.246. The number of piperidine rings is 1. The molecule has 0 atom stereocenters. The van der Waals surface area contributed by atoms with Crippen molar-refractivity contribution in [3.63, 3.8) is 0 Å². The van der Waals surface area contributed by atoms with Crippen LogP contribution in [0.4, 0.5) is 4.39 Å². The van der Waals surface area contributed by atoms with E-state index in [0.717, 1.165) is 25.2 Å². The van der Waals surface area contributed by atoms with Gasteiger partial charge < -0.3 is 0 Å². The van der Waals surface area contributed by atoms with E-state index in [2.05, 4.69) is 11.3 Å². The molecule has 0 saturated carbocycles. The van der Waals surface area contributed by atoms with Crippen molar-refractivity contribution in [2.45, 2.75) is 26.3 Å². The van der Waals surface area contributed by atoms with Crippen LogP contribution in [-0.4, -0.2) is 18.0 Å². The molecule has 1 saturated heterocycles. The summed E-state index contributed by atoms with van der Waals surface area (Å²) in [6.45, 7) is 5.05. The Balaban J connectivity index is 2.00. The Labute approximate surface area is 90.9 Å². The zero-order valence-corrected chi connectivity index (χ0v) is 9.17. The van der Waals surface area contributed by atoms with Gasteiger partial charge in [0, 0.05) is 6.54 Å². The highest BCUT2D eigenvalue weighted by Crippen LogP contribution is 2.14. The number of aryl methyl sites for hydroxylation is 1. The maximum Gasteiger partial charge on any atom is 0.126 e. The number of rotatable bonds is 2. The summed E-state index contributed by atoms with van der Waals surface area (Å²) in [6.07, 6.45) is 4.70. The number of hydrogen-bond donors (Lipinski definition) is 0. The fraction of sp³-hybridized carbons (Fsp3) is 0.462. The first-order chi connectivity index (χ1) is 7.25. The van der Waals surface area contributed by atoms with Crippen molar-refractivity contribution in [2.75, 3.05) is 13.1 Å². The highest BCUT2D eigenvalue weighted by atomic mass is 19.1. The Hall–Kier alpha value is -0.890. The largest absolute Gasteiger partial charge is 0.299 e. The Kier molecular flexibility index (Phi) is 3.37. The van der Waals surface area contributed by atoms with Crippen molar-refractivity contribution >= 4 is 0 Å². The van der Waals surface area contributed by atoms with Crippen LogP contribution < -0.4 is 0 Å². The summed E-state index contributed by atoms with van der Waals surface area (Å²) in [6, 6.07) is 5.41. The van der Waals surface area contributed by atoms with Crippen LogP contribution in [0.15, 0.2) is 18.2 Å². The summed E-state index contributed by atoms with van der Waals surface area (Å²) < 4.78 is 13.1. The highest BCUT2D eigenvalue weighted by molar-refractivity contribution is 5.23. The molecule has 0 spiro atoms. The molecule has 1 aliphatic rings. The third-order valence-electron chi connectivity index (χ3n) is 2.93. The summed E-state index contributed by atoms with van der Waals surface area (Å²) in [4.78, 5) is 2.42. The van der Waals surface area contributed by atoms with E-state index in [1.165, 1.54) is 18.4 Å². The van der Waals surface area contributed by atoms with Gasteiger partial charge in [0.1, 0.15) is 5.82 Å². The molecule has 0 N–H and O–H groups in total. The van der Waals surface area contributed by atoms with Crippen molar-refractivity contribution in [1.82, 2.24) is 4.90 Å². The first-order valence-corrected chi connectivity index (χ1v) is 5.55. The van der Waals surface area contributed by atoms with Gasteiger partial charge >= 0.3 is 0 Å². The molecule has 2 heteroatoms. The van der Waals surface area contributed by atoms with Crippen molar-refractivity contribution in [3.8, 4) is 0 Å². The Morgan fingerprint density at radius 3 is 2.67 bits per heavy atom. The molecule has 0 unspecified atom stereocenters. The van der Waals surface area contributed by atoms with Crippen LogP contribution >= 0.6 is 0 Å². The molecule has 1 nitrogen and oxygen atoms in total. The van der Waals surface area contributed by atoms with Gasteiger partial charge in [0.25, 0.3) is 0 Å². The average Bonchev–Trinajstić information content (AvgIpc) is 2.25. The molecule has 0 aliphatic carbocycles. The fourth-order valence-electron chi connectivity index (χ4n) is 2.03. The molecule has 81 valence electrons. The number of halogens is 1. The van der Waals surface area contributed by atoms with Crippen molar-refractivity contribution in [3.05, 3.63) is 41.6 Å². The van der Waals surface area contributed by atoms with E-state index in [9.17, 15) is 4.39 Å². The van der Waals surface area contributed by atoms with E-state index in [-0.39, 0.29) is 5.82 Å². The van der Waals surface area contributed by atoms with E-state index in [1.807, 2.05) is 19.1 Å². The van der Waals surface area contributed by atoms with Gasteiger partial charge in [-0.2, -0.15) is 0 Å². The van der Waals surface area contributed by atoms with Crippen molar-refractivity contribution < 1.29 is 4.39 Å². The third-order valence-corrected chi connectivity index (χ3v) is 2.93. The second kappa shape index (κ2) is 4.75. The number of likely N-dealkylation sites (tertiary alicyclic amines) is 1. The van der Waals surface area contributed by atoms with E-state index in [4.69, 9.17) is 0 Å². The van der Waals surface area contributed by atoms with E-state index in [1.54, 1.807) is 6.07 Å². The second-order valence-electron chi connectivity index (χ2n) is 4.23. The first-order valence-electron chi connectivity index (χ1n) is 5.55. The maximum atomic E-state index is 13.1. The van der Waals surface area contributed by atoms with Gasteiger partial charge in [-0.1, -0.05) is 12.1 Å². The molecular weight excluding hydrogens is 189 g/mol. The molecular formula is C13H17FN. The normalized spacial score (nSPS) is 18.0. The zero-order chi connectivity index (χ0) is 10.7. The van der Waals surface area contributed by atoms with Crippen LogP contribution in [0.2, 0.25) is 0 Å². The summed E-state index contributed by atoms with van der Waals surface area (Å²) in [7, 11) is 0. The van der Waals surface area contributed by atoms with Gasteiger partial charge in [-0.3, -0.25) is 4.90 Å². The Morgan fingerprint density at radius 2 is 2.00 bits per heavy atom. The molecule has 0 amide bonds. The van der Waals surface area contributed by atoms with Crippen LogP contribution in [0.5, 0.6) is 0 Å². The average molecular weight is 206 g/mol. The summed E-state index contributed by atoms with van der Waals surface area (Å²) in [5.41, 5.74) is 1.96. The van der Waals surface area contributed by atoms with Gasteiger partial charge in [-0.25, -0.2) is 4.39 Å². The van der Waals surface area contributed by atoms with Gasteiger partial charge in [0.15, 0.2) is 0 Å². The monoisotopic (exact) mass is 206 g/mol. The number of benzene rings is 1. The first kappa shape index (κ1) is 10.6. The van der Waals surface area contributed by atoms with Crippen LogP contribution in [-0.2, 0) is 6.54 Å². The second-order valence-corrected chi connectivity index (χ2v) is 4.23. The zero-order valence-electron chi connectivity index (χ0n) is 9.17. The molecule has 1 radical (unpaired) electrons. The minimum atomic E-state index is -0.106. The van der Waals surface area contributed by atoms with Crippen LogP contribution in [0.3, 0.4) is 0 Å². The van der Waals surface area contributed by atoms with Crippen LogP contribution in [0.25, 0.3) is 0 Å². The van der Waals surface area contributed by atoms with Crippen LogP contribution in [0.1, 0.15) is 24.0 Å². The summed E-state index contributed by atoms with van der Waals surface area (Å²) in [5.74, 6) is -0.106. The summed E-state index contributed by atoms with van der Waals surface area (Å²) >= 11 is 0. The predicted octanol–water partition coefficient (Wildman–Crippen LogP) is 2.93. The molecule has 1 heterocycles. The van der Waals surface area contributed by atoms with Gasteiger partial charge in [0.2, 0.25) is 0 Å². The lowest BCUT2D eigenvalue weighted by Crippen LogP contribution is -2.29. The maximum absolute atomic E-state index is 13.1. The Bertz CT molecular complexity index is 329. The Morgan fingerprint density at radius 1 is 1.27 bits per heavy atom. The molecule has 0 aromatic heterocycles. The van der Waals surface area contributed by atoms with Crippen molar-refractivity contribution in [2.24, 2.45) is 0 Å². The lowest BCUT2D eigenvalue weighted by Gasteiger charge is -2.26.